The molecule has 3 rings (SSSR count). The molecule has 2 atom stereocenters. The van der Waals surface area contributed by atoms with E-state index in [4.69, 9.17) is 11.6 Å². The van der Waals surface area contributed by atoms with Crippen molar-refractivity contribution in [3.8, 4) is 0 Å². The summed E-state index contributed by atoms with van der Waals surface area (Å²) in [7, 11) is 0. The van der Waals surface area contributed by atoms with Crippen LogP contribution in [0.25, 0.3) is 10.8 Å². The monoisotopic (exact) mass is 385 g/mol. The average molecular weight is 386 g/mol. The zero-order chi connectivity index (χ0) is 19.6. The summed E-state index contributed by atoms with van der Waals surface area (Å²) in [4.78, 5) is 40.7. The molecule has 140 valence electrons. The number of rotatable bonds is 4. The quantitative estimate of drug-likeness (QED) is 0.792. The van der Waals surface area contributed by atoms with Crippen molar-refractivity contribution < 1.29 is 9.59 Å². The molecular weight excluding hydrogens is 366 g/mol. The van der Waals surface area contributed by atoms with Crippen molar-refractivity contribution in [3.63, 3.8) is 0 Å². The molecule has 1 aromatic heterocycles. The Bertz CT molecular complexity index is 1010. The normalized spacial score (nSPS) is 17.5. The number of H-pyrrole nitrogens is 1. The van der Waals surface area contributed by atoms with Gasteiger partial charge in [0.05, 0.1) is 6.04 Å². The molecule has 1 aromatic carbocycles. The largest absolute Gasteiger partial charge is 0.328 e. The lowest BCUT2D eigenvalue weighted by atomic mass is 10.0. The Labute approximate surface area is 161 Å². The average Bonchev–Trinajstić information content (AvgIpc) is 2.66. The molecule has 0 spiro atoms. The van der Waals surface area contributed by atoms with Crippen LogP contribution >= 0.6 is 11.6 Å². The zero-order valence-electron chi connectivity index (χ0n) is 15.0. The number of nitrogens with one attached hydrogen (secondary N) is 2. The minimum Gasteiger partial charge on any atom is -0.328 e. The maximum Gasteiger partial charge on any atom is 0.322 e. The molecule has 0 fully saturated rings. The topological polar surface area (TPSA) is 82.3 Å². The fourth-order valence-corrected chi connectivity index (χ4v) is 3.38. The summed E-state index contributed by atoms with van der Waals surface area (Å²) >= 11 is 5.92. The molecule has 2 unspecified atom stereocenters. The second kappa shape index (κ2) is 7.80. The number of allylic oxidation sites excluding steroid dienone is 3. The lowest BCUT2D eigenvalue weighted by Gasteiger charge is -2.29. The van der Waals surface area contributed by atoms with Crippen LogP contribution in [0, 0.1) is 0 Å². The Balaban J connectivity index is 1.88. The van der Waals surface area contributed by atoms with Crippen molar-refractivity contribution >= 4 is 34.2 Å². The van der Waals surface area contributed by atoms with Crippen LogP contribution in [0.5, 0.6) is 0 Å². The number of carbonyl (C=O) groups is 2. The molecule has 2 amide bonds. The van der Waals surface area contributed by atoms with Crippen LogP contribution in [0.1, 0.15) is 25.5 Å². The second-order valence-electron chi connectivity index (χ2n) is 6.27. The van der Waals surface area contributed by atoms with Gasteiger partial charge in [0.15, 0.2) is 5.78 Å². The number of benzene rings is 1. The molecular formula is C20H20ClN3O3. The van der Waals surface area contributed by atoms with Gasteiger partial charge in [0.1, 0.15) is 5.38 Å². The van der Waals surface area contributed by atoms with Gasteiger partial charge in [-0.2, -0.15) is 0 Å². The summed E-state index contributed by atoms with van der Waals surface area (Å²) in [5, 5.41) is 3.40. The fourth-order valence-electron chi connectivity index (χ4n) is 3.18. The van der Waals surface area contributed by atoms with Crippen LogP contribution in [0.15, 0.2) is 59.2 Å². The van der Waals surface area contributed by atoms with E-state index in [1.54, 1.807) is 17.2 Å². The number of hydrogen-bond acceptors (Lipinski definition) is 3. The number of alkyl halides is 1. The maximum atomic E-state index is 12.8. The number of halogens is 1. The summed E-state index contributed by atoms with van der Waals surface area (Å²) in [5.41, 5.74) is 1.17. The lowest BCUT2D eigenvalue weighted by molar-refractivity contribution is -0.113. The number of amides is 2. The Morgan fingerprint density at radius 2 is 1.96 bits per heavy atom. The molecule has 2 aromatic rings. The summed E-state index contributed by atoms with van der Waals surface area (Å²) in [6, 6.07) is 6.72. The van der Waals surface area contributed by atoms with Crippen LogP contribution < -0.4 is 10.9 Å². The van der Waals surface area contributed by atoms with Crippen molar-refractivity contribution in [1.29, 1.82) is 0 Å². The minimum absolute atomic E-state index is 0.163. The van der Waals surface area contributed by atoms with E-state index in [9.17, 15) is 14.4 Å². The van der Waals surface area contributed by atoms with Crippen LogP contribution in [-0.4, -0.2) is 33.6 Å². The number of fused-ring (bicyclic) bond motifs is 1. The smallest absolute Gasteiger partial charge is 0.322 e. The zero-order valence-corrected chi connectivity index (χ0v) is 15.8. The highest BCUT2D eigenvalue weighted by Gasteiger charge is 2.24. The number of aromatic amines is 1. The predicted molar refractivity (Wildman–Crippen MR) is 106 cm³/mol. The third-order valence-corrected chi connectivity index (χ3v) is 4.98. The first-order valence-electron chi connectivity index (χ1n) is 8.68. The highest BCUT2D eigenvalue weighted by molar-refractivity contribution is 6.34. The summed E-state index contributed by atoms with van der Waals surface area (Å²) in [6.45, 7) is 4.24. The fraction of sp³-hybridized carbons (Fsp3) is 0.250. The van der Waals surface area contributed by atoms with E-state index in [0.29, 0.717) is 17.6 Å². The number of ketones is 1. The van der Waals surface area contributed by atoms with Gasteiger partial charge in [-0.05, 0) is 49.1 Å². The molecule has 0 aliphatic heterocycles. The molecule has 1 aliphatic carbocycles. The first-order valence-corrected chi connectivity index (χ1v) is 9.11. The Morgan fingerprint density at radius 1 is 1.26 bits per heavy atom. The highest BCUT2D eigenvalue weighted by atomic mass is 35.5. The summed E-state index contributed by atoms with van der Waals surface area (Å²) < 4.78 is 0. The number of hydrogen-bond donors (Lipinski definition) is 2. The molecule has 6 nitrogen and oxygen atoms in total. The van der Waals surface area contributed by atoms with E-state index in [1.807, 2.05) is 32.0 Å². The Hall–Kier alpha value is -2.86. The van der Waals surface area contributed by atoms with Crippen molar-refractivity contribution in [3.05, 3.63) is 70.3 Å². The van der Waals surface area contributed by atoms with Gasteiger partial charge in [0, 0.05) is 23.8 Å². The molecule has 1 aliphatic rings. The van der Waals surface area contributed by atoms with Crippen molar-refractivity contribution in [1.82, 2.24) is 15.2 Å². The summed E-state index contributed by atoms with van der Waals surface area (Å²) in [6.07, 6.45) is 6.05. The Morgan fingerprint density at radius 3 is 2.63 bits per heavy atom. The lowest BCUT2D eigenvalue weighted by Crippen LogP contribution is -2.41. The van der Waals surface area contributed by atoms with E-state index in [-0.39, 0.29) is 23.4 Å². The molecule has 1 heterocycles. The molecule has 0 saturated carbocycles. The summed E-state index contributed by atoms with van der Waals surface area (Å²) in [5.74, 6) is -0.213. The van der Waals surface area contributed by atoms with E-state index in [0.717, 1.165) is 10.9 Å². The molecule has 0 saturated heterocycles. The SMILES string of the molecule is CCN(C(=O)NC1=CC(Cl)C(=O)C=C1)C(C)c1c[nH]c(=O)c2ccccc12. The van der Waals surface area contributed by atoms with E-state index in [1.165, 1.54) is 18.2 Å². The number of nitrogens with zero attached hydrogens (tertiary/aromatic N) is 1. The van der Waals surface area contributed by atoms with Crippen LogP contribution in [0.4, 0.5) is 4.79 Å². The molecule has 2 N–H and O–H groups in total. The Kier molecular flexibility index (Phi) is 5.46. The molecule has 0 bridgehead atoms. The van der Waals surface area contributed by atoms with Gasteiger partial charge in [-0.1, -0.05) is 18.2 Å². The van der Waals surface area contributed by atoms with Gasteiger partial charge in [-0.25, -0.2) is 4.79 Å². The molecule has 7 heteroatoms. The minimum atomic E-state index is -0.777. The van der Waals surface area contributed by atoms with Crippen molar-refractivity contribution in [2.45, 2.75) is 25.3 Å². The van der Waals surface area contributed by atoms with E-state index < -0.39 is 5.38 Å². The molecule has 27 heavy (non-hydrogen) atoms. The number of pyridine rings is 1. The van der Waals surface area contributed by atoms with Gasteiger partial charge >= 0.3 is 6.03 Å². The first kappa shape index (κ1) is 18.9. The van der Waals surface area contributed by atoms with Gasteiger partial charge < -0.3 is 15.2 Å². The van der Waals surface area contributed by atoms with Gasteiger partial charge in [0.25, 0.3) is 5.56 Å². The van der Waals surface area contributed by atoms with Crippen LogP contribution in [0.3, 0.4) is 0 Å². The van der Waals surface area contributed by atoms with Crippen molar-refractivity contribution in [2.24, 2.45) is 0 Å². The third kappa shape index (κ3) is 3.80. The number of carbonyl (C=O) groups excluding carboxylic acids is 2. The maximum absolute atomic E-state index is 12.8. The van der Waals surface area contributed by atoms with Gasteiger partial charge in [0.2, 0.25) is 0 Å². The van der Waals surface area contributed by atoms with Gasteiger partial charge in [-0.15, -0.1) is 11.6 Å². The number of urea groups is 1. The predicted octanol–water partition coefficient (Wildman–Crippen LogP) is 3.25. The second-order valence-corrected chi connectivity index (χ2v) is 6.74. The standard InChI is InChI=1S/C20H20ClN3O3/c1-3-24(20(27)23-13-8-9-18(25)17(21)10-13)12(2)16-11-22-19(26)15-7-5-4-6-14(15)16/h4-12,17H,3H2,1-2H3,(H,22,26)(H,23,27). The molecule has 0 radical (unpaired) electrons. The van der Waals surface area contributed by atoms with E-state index in [2.05, 4.69) is 10.3 Å². The van der Waals surface area contributed by atoms with Gasteiger partial charge in [-0.3, -0.25) is 9.59 Å². The van der Waals surface area contributed by atoms with Crippen LogP contribution in [-0.2, 0) is 4.79 Å². The van der Waals surface area contributed by atoms with Crippen molar-refractivity contribution in [2.75, 3.05) is 6.54 Å². The first-order chi connectivity index (χ1) is 12.9. The highest BCUT2D eigenvalue weighted by Crippen LogP contribution is 2.26. The number of aromatic nitrogens is 1. The van der Waals surface area contributed by atoms with Crippen LogP contribution in [0.2, 0.25) is 0 Å². The van der Waals surface area contributed by atoms with E-state index >= 15 is 0 Å². The third-order valence-electron chi connectivity index (χ3n) is 4.64.